The Morgan fingerprint density at radius 1 is 1.10 bits per heavy atom. The zero-order chi connectivity index (χ0) is 19.6. The molecule has 0 radical (unpaired) electrons. The number of rotatable bonds is 5. The lowest BCUT2D eigenvalue weighted by atomic mass is 9.96. The number of hydrogen-bond acceptors (Lipinski definition) is 6. The second-order valence-corrected chi connectivity index (χ2v) is 8.53. The van der Waals surface area contributed by atoms with Gasteiger partial charge in [0.1, 0.15) is 17.3 Å². The monoisotopic (exact) mass is 405 g/mol. The maximum absolute atomic E-state index is 6.08. The van der Waals surface area contributed by atoms with Crippen molar-refractivity contribution in [3.63, 3.8) is 0 Å². The maximum atomic E-state index is 6.08. The van der Waals surface area contributed by atoms with Crippen LogP contribution in [0.5, 0.6) is 11.5 Å². The Morgan fingerprint density at radius 3 is 2.83 bits per heavy atom. The molecule has 5 rings (SSSR count). The summed E-state index contributed by atoms with van der Waals surface area (Å²) in [5, 5.41) is 4.62. The fourth-order valence-electron chi connectivity index (χ4n) is 3.83. The molecule has 1 aliphatic carbocycles. The molecule has 4 aromatic rings. The van der Waals surface area contributed by atoms with Crippen molar-refractivity contribution in [1.82, 2.24) is 19.5 Å². The zero-order valence-corrected chi connectivity index (χ0v) is 17.2. The number of nitrogens with one attached hydrogen (secondary N) is 1. The number of pyridine rings is 1. The molecular formula is C22H23N5OS. The second-order valence-electron chi connectivity index (χ2n) is 7.50. The van der Waals surface area contributed by atoms with E-state index in [0.717, 1.165) is 32.5 Å². The van der Waals surface area contributed by atoms with Crippen LogP contribution in [-0.2, 0) is 7.05 Å². The van der Waals surface area contributed by atoms with Crippen molar-refractivity contribution in [3.05, 3.63) is 49.1 Å². The Bertz CT molecular complexity index is 1130. The van der Waals surface area contributed by atoms with Gasteiger partial charge in [-0.1, -0.05) is 30.6 Å². The van der Waals surface area contributed by atoms with Gasteiger partial charge in [0.15, 0.2) is 5.13 Å². The highest BCUT2D eigenvalue weighted by atomic mass is 32.1. The van der Waals surface area contributed by atoms with Gasteiger partial charge in [-0.2, -0.15) is 0 Å². The van der Waals surface area contributed by atoms with Crippen molar-refractivity contribution in [2.75, 3.05) is 5.32 Å². The molecule has 148 valence electrons. The largest absolute Gasteiger partial charge is 0.456 e. The number of benzene rings is 1. The Labute approximate surface area is 173 Å². The van der Waals surface area contributed by atoms with Gasteiger partial charge >= 0.3 is 0 Å². The van der Waals surface area contributed by atoms with Crippen LogP contribution >= 0.6 is 11.3 Å². The highest BCUT2D eigenvalue weighted by Crippen LogP contribution is 2.33. The molecule has 0 bridgehead atoms. The van der Waals surface area contributed by atoms with Crippen molar-refractivity contribution in [3.8, 4) is 22.9 Å². The molecule has 0 spiro atoms. The molecule has 0 unspecified atom stereocenters. The lowest BCUT2D eigenvalue weighted by Gasteiger charge is -2.22. The van der Waals surface area contributed by atoms with Gasteiger partial charge in [0, 0.05) is 43.3 Å². The number of nitrogens with zero attached hydrogens (tertiary/aromatic N) is 4. The quantitative estimate of drug-likeness (QED) is 0.466. The standard InChI is InChI=1S/C22H23N5OS/c1-27-10-9-24-21(27)15-11-18(14-23-13-15)28-17-7-8-19-20(12-17)29-22(26-19)25-16-5-3-2-4-6-16/h7-14,16H,2-6H2,1H3,(H,25,26). The third-order valence-corrected chi connectivity index (χ3v) is 6.27. The van der Waals surface area contributed by atoms with Gasteiger partial charge in [-0.15, -0.1) is 0 Å². The molecule has 1 aliphatic rings. The molecule has 0 aliphatic heterocycles. The van der Waals surface area contributed by atoms with Gasteiger partial charge in [0.05, 0.1) is 16.4 Å². The molecule has 29 heavy (non-hydrogen) atoms. The lowest BCUT2D eigenvalue weighted by Crippen LogP contribution is -2.21. The van der Waals surface area contributed by atoms with Gasteiger partial charge < -0.3 is 14.6 Å². The van der Waals surface area contributed by atoms with Crippen LogP contribution in [0.3, 0.4) is 0 Å². The molecule has 0 atom stereocenters. The molecule has 3 heterocycles. The number of ether oxygens (including phenoxy) is 1. The smallest absolute Gasteiger partial charge is 0.184 e. The predicted octanol–water partition coefficient (Wildman–Crippen LogP) is 5.63. The summed E-state index contributed by atoms with van der Waals surface area (Å²) in [4.78, 5) is 13.4. The number of aromatic nitrogens is 4. The predicted molar refractivity (Wildman–Crippen MR) is 117 cm³/mol. The summed E-state index contributed by atoms with van der Waals surface area (Å²) < 4.78 is 9.17. The summed E-state index contributed by atoms with van der Waals surface area (Å²) in [6, 6.07) is 8.54. The minimum absolute atomic E-state index is 0.556. The first kappa shape index (κ1) is 18.1. The van der Waals surface area contributed by atoms with E-state index >= 15 is 0 Å². The first-order valence-corrected chi connectivity index (χ1v) is 10.8. The topological polar surface area (TPSA) is 64.9 Å². The highest BCUT2D eigenvalue weighted by molar-refractivity contribution is 7.22. The van der Waals surface area contributed by atoms with Gasteiger partial charge in [0.25, 0.3) is 0 Å². The molecule has 1 saturated carbocycles. The van der Waals surface area contributed by atoms with E-state index in [0.29, 0.717) is 11.8 Å². The summed E-state index contributed by atoms with van der Waals surface area (Å²) in [7, 11) is 1.96. The number of hydrogen-bond donors (Lipinski definition) is 1. The first-order valence-electron chi connectivity index (χ1n) is 10.0. The van der Waals surface area contributed by atoms with Gasteiger partial charge in [0.2, 0.25) is 0 Å². The highest BCUT2D eigenvalue weighted by Gasteiger charge is 2.15. The summed E-state index contributed by atoms with van der Waals surface area (Å²) >= 11 is 1.69. The first-order chi connectivity index (χ1) is 14.2. The second kappa shape index (κ2) is 7.83. The lowest BCUT2D eigenvalue weighted by molar-refractivity contribution is 0.462. The molecule has 7 heteroatoms. The molecule has 1 fully saturated rings. The Hall–Kier alpha value is -2.93. The molecule has 1 N–H and O–H groups in total. The van der Waals surface area contributed by atoms with Crippen LogP contribution in [0, 0.1) is 0 Å². The molecule has 3 aromatic heterocycles. The maximum Gasteiger partial charge on any atom is 0.184 e. The van der Waals surface area contributed by atoms with Crippen LogP contribution in [0.1, 0.15) is 32.1 Å². The van der Waals surface area contributed by atoms with Crippen LogP contribution in [0.4, 0.5) is 5.13 Å². The van der Waals surface area contributed by atoms with Crippen molar-refractivity contribution in [1.29, 1.82) is 0 Å². The van der Waals surface area contributed by atoms with Gasteiger partial charge in [-0.3, -0.25) is 4.98 Å². The van der Waals surface area contributed by atoms with E-state index < -0.39 is 0 Å². The van der Waals surface area contributed by atoms with Crippen LogP contribution in [-0.4, -0.2) is 25.6 Å². The fraction of sp³-hybridized carbons (Fsp3) is 0.318. The Balaban J connectivity index is 1.35. The number of fused-ring (bicyclic) bond motifs is 1. The van der Waals surface area contributed by atoms with E-state index in [-0.39, 0.29) is 0 Å². The van der Waals surface area contributed by atoms with E-state index in [1.807, 2.05) is 42.1 Å². The van der Waals surface area contributed by atoms with Gasteiger partial charge in [-0.25, -0.2) is 9.97 Å². The molecule has 6 nitrogen and oxygen atoms in total. The normalized spacial score (nSPS) is 14.9. The Morgan fingerprint density at radius 2 is 2.00 bits per heavy atom. The third kappa shape index (κ3) is 3.96. The Kier molecular flexibility index (Phi) is 4.89. The SMILES string of the molecule is Cn1ccnc1-c1cncc(Oc2ccc3nc(NC4CCCCC4)sc3c2)c1. The zero-order valence-electron chi connectivity index (χ0n) is 16.3. The molecule has 1 aromatic carbocycles. The molecule has 0 amide bonds. The average molecular weight is 406 g/mol. The summed E-state index contributed by atoms with van der Waals surface area (Å²) in [6.07, 6.45) is 13.7. The van der Waals surface area contributed by atoms with E-state index in [1.54, 1.807) is 29.9 Å². The molecular weight excluding hydrogens is 382 g/mol. The number of imidazole rings is 1. The van der Waals surface area contributed by atoms with Crippen molar-refractivity contribution >= 4 is 26.7 Å². The van der Waals surface area contributed by atoms with E-state index in [1.165, 1.54) is 32.1 Å². The van der Waals surface area contributed by atoms with Crippen molar-refractivity contribution in [2.24, 2.45) is 7.05 Å². The average Bonchev–Trinajstić information content (AvgIpc) is 3.34. The van der Waals surface area contributed by atoms with E-state index in [9.17, 15) is 0 Å². The van der Waals surface area contributed by atoms with E-state index in [4.69, 9.17) is 9.72 Å². The number of thiazole rings is 1. The number of aryl methyl sites for hydroxylation is 1. The van der Waals surface area contributed by atoms with Crippen molar-refractivity contribution in [2.45, 2.75) is 38.1 Å². The van der Waals surface area contributed by atoms with Gasteiger partial charge in [-0.05, 0) is 31.0 Å². The van der Waals surface area contributed by atoms with Crippen LogP contribution in [0.25, 0.3) is 21.6 Å². The minimum Gasteiger partial charge on any atom is -0.456 e. The van der Waals surface area contributed by atoms with Crippen LogP contribution < -0.4 is 10.1 Å². The fourth-order valence-corrected chi connectivity index (χ4v) is 4.80. The van der Waals surface area contributed by atoms with Crippen molar-refractivity contribution < 1.29 is 4.74 Å². The summed E-state index contributed by atoms with van der Waals surface area (Å²) in [6.45, 7) is 0. The van der Waals surface area contributed by atoms with Crippen LogP contribution in [0.2, 0.25) is 0 Å². The van der Waals surface area contributed by atoms with Crippen LogP contribution in [0.15, 0.2) is 49.1 Å². The minimum atomic E-state index is 0.556. The summed E-state index contributed by atoms with van der Waals surface area (Å²) in [5.74, 6) is 2.33. The third-order valence-electron chi connectivity index (χ3n) is 5.32. The molecule has 0 saturated heterocycles. The van der Waals surface area contributed by atoms with E-state index in [2.05, 4.69) is 15.3 Å². The summed E-state index contributed by atoms with van der Waals surface area (Å²) in [5.41, 5.74) is 1.92. The number of anilines is 1.